The Bertz CT molecular complexity index is 578. The molecule has 1 aromatic carbocycles. The van der Waals surface area contributed by atoms with E-state index in [0.717, 1.165) is 19.5 Å². The molecule has 0 aliphatic carbocycles. The predicted octanol–water partition coefficient (Wildman–Crippen LogP) is 1.68. The van der Waals surface area contributed by atoms with Crippen LogP contribution in [0.4, 0.5) is 5.69 Å². The second kappa shape index (κ2) is 5.03. The van der Waals surface area contributed by atoms with Crippen LogP contribution in [0.2, 0.25) is 5.02 Å². The van der Waals surface area contributed by atoms with Gasteiger partial charge in [-0.3, -0.25) is 14.9 Å². The van der Waals surface area contributed by atoms with Gasteiger partial charge in [0.05, 0.1) is 4.92 Å². The van der Waals surface area contributed by atoms with Crippen LogP contribution in [0, 0.1) is 16.0 Å². The Kier molecular flexibility index (Phi) is 3.35. The molecule has 20 heavy (non-hydrogen) atoms. The summed E-state index contributed by atoms with van der Waals surface area (Å²) in [6.45, 7) is 2.43. The summed E-state index contributed by atoms with van der Waals surface area (Å²) in [4.78, 5) is 24.6. The van der Waals surface area contributed by atoms with Crippen molar-refractivity contribution in [1.82, 2.24) is 10.2 Å². The number of non-ortho nitro benzene ring substituents is 1. The van der Waals surface area contributed by atoms with Crippen LogP contribution in [0.15, 0.2) is 18.2 Å². The van der Waals surface area contributed by atoms with Gasteiger partial charge in [-0.2, -0.15) is 0 Å². The second-order valence-corrected chi connectivity index (χ2v) is 5.66. The van der Waals surface area contributed by atoms with E-state index in [4.69, 9.17) is 11.6 Å². The highest BCUT2D eigenvalue weighted by Gasteiger charge is 2.40. The summed E-state index contributed by atoms with van der Waals surface area (Å²) in [6, 6.07) is 4.24. The van der Waals surface area contributed by atoms with Crippen molar-refractivity contribution in [2.45, 2.75) is 12.5 Å². The number of likely N-dealkylation sites (tertiary alicyclic amines) is 1. The Morgan fingerprint density at radius 1 is 1.40 bits per heavy atom. The molecule has 2 fully saturated rings. The third-order valence-electron chi connectivity index (χ3n) is 4.05. The molecule has 6 nitrogen and oxygen atoms in total. The van der Waals surface area contributed by atoms with Crippen molar-refractivity contribution in [3.8, 4) is 0 Å². The molecule has 7 heteroatoms. The monoisotopic (exact) mass is 295 g/mol. The fourth-order valence-corrected chi connectivity index (χ4v) is 3.30. The third kappa shape index (κ3) is 2.25. The summed E-state index contributed by atoms with van der Waals surface area (Å²) in [5, 5.41) is 14.3. The van der Waals surface area contributed by atoms with E-state index in [2.05, 4.69) is 5.32 Å². The van der Waals surface area contributed by atoms with Crippen molar-refractivity contribution in [3.63, 3.8) is 0 Å². The van der Waals surface area contributed by atoms with Gasteiger partial charge in [0.2, 0.25) is 0 Å². The van der Waals surface area contributed by atoms with Gasteiger partial charge in [0.15, 0.2) is 0 Å². The number of nitrogens with zero attached hydrogens (tertiary/aromatic N) is 2. The van der Waals surface area contributed by atoms with Gasteiger partial charge in [-0.1, -0.05) is 11.6 Å². The van der Waals surface area contributed by atoms with E-state index in [9.17, 15) is 14.9 Å². The zero-order valence-corrected chi connectivity index (χ0v) is 11.5. The Morgan fingerprint density at radius 2 is 2.20 bits per heavy atom. The highest BCUT2D eigenvalue weighted by Crippen LogP contribution is 2.30. The van der Waals surface area contributed by atoms with E-state index < -0.39 is 4.92 Å². The number of fused-ring (bicyclic) bond motifs is 1. The summed E-state index contributed by atoms with van der Waals surface area (Å²) in [5.74, 6) is 0.319. The van der Waals surface area contributed by atoms with Gasteiger partial charge in [-0.05, 0) is 18.4 Å². The SMILES string of the molecule is O=C(c1cc(Cl)cc([N+](=O)[O-])c1)N1CC[C@H]2CNC[C@H]21. The smallest absolute Gasteiger partial charge is 0.271 e. The molecule has 0 bridgehead atoms. The number of nitrogens with one attached hydrogen (secondary N) is 1. The number of benzene rings is 1. The largest absolute Gasteiger partial charge is 0.334 e. The molecule has 0 radical (unpaired) electrons. The topological polar surface area (TPSA) is 75.5 Å². The van der Waals surface area contributed by atoms with E-state index in [1.165, 1.54) is 18.2 Å². The van der Waals surface area contributed by atoms with Crippen LogP contribution >= 0.6 is 11.6 Å². The van der Waals surface area contributed by atoms with Gasteiger partial charge in [-0.25, -0.2) is 0 Å². The standard InChI is InChI=1S/C13H14ClN3O3/c14-10-3-9(4-11(5-10)17(19)20)13(18)16-2-1-8-6-15-7-12(8)16/h3-5,8,12,15H,1-2,6-7H2/t8-,12+/m0/s1. The summed E-state index contributed by atoms with van der Waals surface area (Å²) >= 11 is 5.87. The fraction of sp³-hybridized carbons (Fsp3) is 0.462. The molecule has 3 rings (SSSR count). The molecule has 1 amide bonds. The molecule has 2 atom stereocenters. The van der Waals surface area contributed by atoms with Gasteiger partial charge in [-0.15, -0.1) is 0 Å². The highest BCUT2D eigenvalue weighted by atomic mass is 35.5. The zero-order valence-electron chi connectivity index (χ0n) is 10.7. The molecule has 0 saturated carbocycles. The first-order valence-corrected chi connectivity index (χ1v) is 6.91. The van der Waals surface area contributed by atoms with E-state index >= 15 is 0 Å². The summed E-state index contributed by atoms with van der Waals surface area (Å²) in [5.41, 5.74) is 0.137. The maximum Gasteiger partial charge on any atom is 0.271 e. The molecular weight excluding hydrogens is 282 g/mol. The average molecular weight is 296 g/mol. The molecule has 0 unspecified atom stereocenters. The van der Waals surface area contributed by atoms with E-state index in [1.807, 2.05) is 0 Å². The number of carbonyl (C=O) groups excluding carboxylic acids is 1. The van der Waals surface area contributed by atoms with Crippen molar-refractivity contribution < 1.29 is 9.72 Å². The van der Waals surface area contributed by atoms with Gasteiger partial charge in [0.25, 0.3) is 11.6 Å². The summed E-state index contributed by atoms with van der Waals surface area (Å²) in [6.07, 6.45) is 0.978. The van der Waals surface area contributed by atoms with Crippen LogP contribution in [-0.2, 0) is 0 Å². The Hall–Kier alpha value is -1.66. The normalized spacial score (nSPS) is 24.8. The molecule has 0 aromatic heterocycles. The molecule has 1 aromatic rings. The number of nitro groups is 1. The van der Waals surface area contributed by atoms with Crippen LogP contribution in [-0.4, -0.2) is 41.4 Å². The predicted molar refractivity (Wildman–Crippen MR) is 73.9 cm³/mol. The quantitative estimate of drug-likeness (QED) is 0.665. The lowest BCUT2D eigenvalue weighted by molar-refractivity contribution is -0.384. The van der Waals surface area contributed by atoms with Crippen molar-refractivity contribution in [3.05, 3.63) is 38.9 Å². The molecule has 106 valence electrons. The first kappa shape index (κ1) is 13.3. The van der Waals surface area contributed by atoms with Crippen LogP contribution in [0.3, 0.4) is 0 Å². The number of carbonyl (C=O) groups is 1. The van der Waals surface area contributed by atoms with Crippen LogP contribution in [0.5, 0.6) is 0 Å². The van der Waals surface area contributed by atoms with Gasteiger partial charge in [0.1, 0.15) is 0 Å². The van der Waals surface area contributed by atoms with Gasteiger partial charge < -0.3 is 10.2 Å². The van der Waals surface area contributed by atoms with E-state index in [1.54, 1.807) is 4.90 Å². The van der Waals surface area contributed by atoms with Crippen molar-refractivity contribution in [2.24, 2.45) is 5.92 Å². The summed E-state index contributed by atoms with van der Waals surface area (Å²) in [7, 11) is 0. The highest BCUT2D eigenvalue weighted by molar-refractivity contribution is 6.31. The first-order valence-electron chi connectivity index (χ1n) is 6.53. The van der Waals surface area contributed by atoms with Crippen molar-refractivity contribution in [2.75, 3.05) is 19.6 Å². The number of rotatable bonds is 2. The van der Waals surface area contributed by atoms with Gasteiger partial charge in [0, 0.05) is 48.4 Å². The van der Waals surface area contributed by atoms with Crippen LogP contribution < -0.4 is 5.32 Å². The van der Waals surface area contributed by atoms with Crippen LogP contribution in [0.1, 0.15) is 16.8 Å². The maximum atomic E-state index is 12.5. The Balaban J connectivity index is 1.89. The fourth-order valence-electron chi connectivity index (χ4n) is 3.07. The lowest BCUT2D eigenvalue weighted by atomic mass is 10.0. The molecule has 2 heterocycles. The number of amides is 1. The lowest BCUT2D eigenvalue weighted by Crippen LogP contribution is -2.39. The number of hydrogen-bond acceptors (Lipinski definition) is 4. The van der Waals surface area contributed by atoms with Crippen LogP contribution in [0.25, 0.3) is 0 Å². The minimum atomic E-state index is -0.535. The number of nitro benzene ring substituents is 1. The minimum Gasteiger partial charge on any atom is -0.334 e. The van der Waals surface area contributed by atoms with Crippen molar-refractivity contribution in [1.29, 1.82) is 0 Å². The summed E-state index contributed by atoms with van der Waals surface area (Å²) < 4.78 is 0. The minimum absolute atomic E-state index is 0.152. The van der Waals surface area contributed by atoms with Crippen molar-refractivity contribution >= 4 is 23.2 Å². The first-order chi connectivity index (χ1) is 9.56. The Labute approximate surface area is 120 Å². The van der Waals surface area contributed by atoms with Gasteiger partial charge >= 0.3 is 0 Å². The van der Waals surface area contributed by atoms with E-state index in [-0.39, 0.29) is 28.2 Å². The molecular formula is C13H14ClN3O3. The molecule has 2 aliphatic heterocycles. The molecule has 2 aliphatic rings. The van der Waals surface area contributed by atoms with E-state index in [0.29, 0.717) is 12.5 Å². The molecule has 2 saturated heterocycles. The second-order valence-electron chi connectivity index (χ2n) is 5.23. The zero-order chi connectivity index (χ0) is 14.3. The lowest BCUT2D eigenvalue weighted by Gasteiger charge is -2.23. The number of halogens is 1. The third-order valence-corrected chi connectivity index (χ3v) is 4.26. The maximum absolute atomic E-state index is 12.5. The molecule has 1 N–H and O–H groups in total. The average Bonchev–Trinajstić information content (AvgIpc) is 2.99. The number of hydrogen-bond donors (Lipinski definition) is 1. The molecule has 0 spiro atoms. The Morgan fingerprint density at radius 3 is 2.95 bits per heavy atom.